The van der Waals surface area contributed by atoms with Crippen LogP contribution in [-0.2, 0) is 9.53 Å². The lowest BCUT2D eigenvalue weighted by Gasteiger charge is -2.09. The predicted molar refractivity (Wildman–Crippen MR) is 117 cm³/mol. The zero-order chi connectivity index (χ0) is 20.9. The van der Waals surface area contributed by atoms with Crippen molar-refractivity contribution in [3.8, 4) is 5.75 Å². The van der Waals surface area contributed by atoms with Crippen LogP contribution >= 0.6 is 15.9 Å². The van der Waals surface area contributed by atoms with E-state index in [1.165, 1.54) is 0 Å². The van der Waals surface area contributed by atoms with Gasteiger partial charge in [-0.05, 0) is 56.2 Å². The molecule has 2 aromatic rings. The summed E-state index contributed by atoms with van der Waals surface area (Å²) < 4.78 is 11.8. The Hall–Kier alpha value is -2.38. The summed E-state index contributed by atoms with van der Waals surface area (Å²) in [5.41, 5.74) is 1.11. The largest absolute Gasteiger partial charge is 0.494 e. The van der Waals surface area contributed by atoms with Gasteiger partial charge in [-0.3, -0.25) is 9.59 Å². The van der Waals surface area contributed by atoms with E-state index in [2.05, 4.69) is 26.6 Å². The van der Waals surface area contributed by atoms with Gasteiger partial charge >= 0.3 is 0 Å². The lowest BCUT2D eigenvalue weighted by molar-refractivity contribution is -0.116. The van der Waals surface area contributed by atoms with Crippen LogP contribution in [0.5, 0.6) is 5.75 Å². The van der Waals surface area contributed by atoms with E-state index in [9.17, 15) is 9.59 Å². The van der Waals surface area contributed by atoms with Crippen molar-refractivity contribution in [2.75, 3.05) is 31.7 Å². The molecule has 0 fully saturated rings. The van der Waals surface area contributed by atoms with Crippen LogP contribution in [0.4, 0.5) is 5.69 Å². The van der Waals surface area contributed by atoms with Gasteiger partial charge in [0.25, 0.3) is 5.91 Å². The molecule has 0 aliphatic carbocycles. The zero-order valence-corrected chi connectivity index (χ0v) is 18.2. The standard InChI is InChI=1S/C22H27BrN2O4/c1-2-28-13-6-12-24-22(27)17-7-3-9-19(15-17)25-21(26)11-5-14-29-20-10-4-8-18(23)16-20/h3-4,7-10,15-16H,2,5-6,11-14H2,1H3,(H,24,27)(H,25,26). The molecule has 0 heterocycles. The van der Waals surface area contributed by atoms with E-state index in [0.717, 1.165) is 16.6 Å². The molecule has 0 spiro atoms. The maximum atomic E-state index is 12.2. The molecule has 2 aromatic carbocycles. The molecule has 2 rings (SSSR count). The molecule has 29 heavy (non-hydrogen) atoms. The molecule has 0 aliphatic heterocycles. The fraction of sp³-hybridized carbons (Fsp3) is 0.364. The quantitative estimate of drug-likeness (QED) is 0.458. The fourth-order valence-electron chi connectivity index (χ4n) is 2.56. The summed E-state index contributed by atoms with van der Waals surface area (Å²) in [6, 6.07) is 14.5. The van der Waals surface area contributed by atoms with Crippen molar-refractivity contribution in [2.24, 2.45) is 0 Å². The van der Waals surface area contributed by atoms with Gasteiger partial charge in [-0.25, -0.2) is 0 Å². The minimum atomic E-state index is -0.167. The normalized spacial score (nSPS) is 10.4. The molecule has 6 nitrogen and oxygen atoms in total. The Kier molecular flexibility index (Phi) is 10.2. The number of amides is 2. The van der Waals surface area contributed by atoms with Crippen LogP contribution in [0.2, 0.25) is 0 Å². The molecule has 0 saturated carbocycles. The third-order valence-electron chi connectivity index (χ3n) is 3.98. The first-order valence-electron chi connectivity index (χ1n) is 9.72. The van der Waals surface area contributed by atoms with Crippen LogP contribution in [0.1, 0.15) is 36.5 Å². The molecule has 0 radical (unpaired) electrons. The Balaban J connectivity index is 1.71. The second kappa shape index (κ2) is 13.0. The van der Waals surface area contributed by atoms with Crippen LogP contribution in [0.3, 0.4) is 0 Å². The summed E-state index contributed by atoms with van der Waals surface area (Å²) in [5.74, 6) is 0.483. The number of carbonyl (C=O) groups excluding carboxylic acids is 2. The van der Waals surface area contributed by atoms with E-state index in [1.807, 2.05) is 31.2 Å². The molecule has 156 valence electrons. The predicted octanol–water partition coefficient (Wildman–Crippen LogP) is 4.40. The number of nitrogens with one attached hydrogen (secondary N) is 2. The number of anilines is 1. The molecular weight excluding hydrogens is 436 g/mol. The number of ether oxygens (including phenoxy) is 2. The van der Waals surface area contributed by atoms with E-state index in [-0.39, 0.29) is 11.8 Å². The van der Waals surface area contributed by atoms with Gasteiger partial charge < -0.3 is 20.1 Å². The van der Waals surface area contributed by atoms with Gasteiger partial charge in [0.1, 0.15) is 5.75 Å². The Morgan fingerprint density at radius 3 is 2.66 bits per heavy atom. The Bertz CT molecular complexity index is 798. The number of halogens is 1. The van der Waals surface area contributed by atoms with E-state index in [1.54, 1.807) is 24.3 Å². The molecule has 0 aliphatic rings. The average Bonchev–Trinajstić information content (AvgIpc) is 2.71. The zero-order valence-electron chi connectivity index (χ0n) is 16.6. The third-order valence-corrected chi connectivity index (χ3v) is 4.47. The molecule has 0 atom stereocenters. The van der Waals surface area contributed by atoms with Crippen LogP contribution in [0.15, 0.2) is 53.0 Å². The van der Waals surface area contributed by atoms with Gasteiger partial charge in [0, 0.05) is 41.9 Å². The minimum absolute atomic E-state index is 0.114. The summed E-state index contributed by atoms with van der Waals surface area (Å²) in [6.45, 7) is 4.24. The maximum Gasteiger partial charge on any atom is 0.251 e. The summed E-state index contributed by atoms with van der Waals surface area (Å²) in [4.78, 5) is 24.3. The second-order valence-electron chi connectivity index (χ2n) is 6.34. The lowest BCUT2D eigenvalue weighted by Crippen LogP contribution is -2.25. The fourth-order valence-corrected chi connectivity index (χ4v) is 2.94. The Morgan fingerprint density at radius 2 is 1.86 bits per heavy atom. The summed E-state index contributed by atoms with van der Waals surface area (Å²) >= 11 is 3.39. The van der Waals surface area contributed by atoms with E-state index in [0.29, 0.717) is 50.5 Å². The molecule has 0 aromatic heterocycles. The second-order valence-corrected chi connectivity index (χ2v) is 7.26. The SMILES string of the molecule is CCOCCCNC(=O)c1cccc(NC(=O)CCCOc2cccc(Br)c2)c1. The van der Waals surface area contributed by atoms with Crippen molar-refractivity contribution in [1.29, 1.82) is 0 Å². The van der Waals surface area contributed by atoms with Gasteiger partial charge in [0.05, 0.1) is 6.61 Å². The van der Waals surface area contributed by atoms with Crippen molar-refractivity contribution < 1.29 is 19.1 Å². The van der Waals surface area contributed by atoms with E-state index in [4.69, 9.17) is 9.47 Å². The van der Waals surface area contributed by atoms with Gasteiger partial charge in [0.2, 0.25) is 5.91 Å². The molecule has 2 amide bonds. The Morgan fingerprint density at radius 1 is 1.03 bits per heavy atom. The highest BCUT2D eigenvalue weighted by Crippen LogP contribution is 2.18. The van der Waals surface area contributed by atoms with Crippen molar-refractivity contribution in [2.45, 2.75) is 26.2 Å². The number of carbonyl (C=O) groups is 2. The highest BCUT2D eigenvalue weighted by molar-refractivity contribution is 9.10. The lowest BCUT2D eigenvalue weighted by atomic mass is 10.2. The van der Waals surface area contributed by atoms with Gasteiger partial charge in [-0.1, -0.05) is 28.1 Å². The maximum absolute atomic E-state index is 12.2. The first-order chi connectivity index (χ1) is 14.1. The van der Waals surface area contributed by atoms with Crippen LogP contribution < -0.4 is 15.4 Å². The number of hydrogen-bond acceptors (Lipinski definition) is 4. The first kappa shape index (κ1) is 22.9. The third kappa shape index (κ3) is 9.11. The van der Waals surface area contributed by atoms with E-state index >= 15 is 0 Å². The number of benzene rings is 2. The highest BCUT2D eigenvalue weighted by atomic mass is 79.9. The van der Waals surface area contributed by atoms with Gasteiger partial charge in [0.15, 0.2) is 0 Å². The molecular formula is C22H27BrN2O4. The minimum Gasteiger partial charge on any atom is -0.494 e. The average molecular weight is 463 g/mol. The summed E-state index contributed by atoms with van der Waals surface area (Å²) in [7, 11) is 0. The van der Waals surface area contributed by atoms with Gasteiger partial charge in [-0.2, -0.15) is 0 Å². The van der Waals surface area contributed by atoms with Crippen molar-refractivity contribution in [1.82, 2.24) is 5.32 Å². The molecule has 0 bridgehead atoms. The highest BCUT2D eigenvalue weighted by Gasteiger charge is 2.08. The first-order valence-corrected chi connectivity index (χ1v) is 10.5. The molecule has 7 heteroatoms. The van der Waals surface area contributed by atoms with Crippen LogP contribution in [0, 0.1) is 0 Å². The van der Waals surface area contributed by atoms with Crippen LogP contribution in [-0.4, -0.2) is 38.2 Å². The van der Waals surface area contributed by atoms with Crippen molar-refractivity contribution >= 4 is 33.4 Å². The summed E-state index contributed by atoms with van der Waals surface area (Å²) in [5, 5.41) is 5.68. The van der Waals surface area contributed by atoms with Crippen LogP contribution in [0.25, 0.3) is 0 Å². The van der Waals surface area contributed by atoms with Crippen molar-refractivity contribution in [3.63, 3.8) is 0 Å². The molecule has 0 unspecified atom stereocenters. The summed E-state index contributed by atoms with van der Waals surface area (Å²) in [6.07, 6.45) is 1.69. The monoisotopic (exact) mass is 462 g/mol. The molecule has 2 N–H and O–H groups in total. The number of rotatable bonds is 12. The van der Waals surface area contributed by atoms with Gasteiger partial charge in [-0.15, -0.1) is 0 Å². The van der Waals surface area contributed by atoms with E-state index < -0.39 is 0 Å². The topological polar surface area (TPSA) is 76.7 Å². The number of hydrogen-bond donors (Lipinski definition) is 2. The Labute approximate surface area is 180 Å². The smallest absolute Gasteiger partial charge is 0.251 e. The van der Waals surface area contributed by atoms with Crippen molar-refractivity contribution in [3.05, 3.63) is 58.6 Å². The molecule has 0 saturated heterocycles.